The van der Waals surface area contributed by atoms with Crippen molar-refractivity contribution in [3.05, 3.63) is 95.6 Å². The molecule has 8 nitrogen and oxygen atoms in total. The molecule has 0 amide bonds. The van der Waals surface area contributed by atoms with Crippen LogP contribution >= 0.6 is 0 Å². The number of benzene rings is 4. The van der Waals surface area contributed by atoms with Gasteiger partial charge in [-0.05, 0) is 58.3 Å². The van der Waals surface area contributed by atoms with Crippen molar-refractivity contribution < 1.29 is 38.4 Å². The highest BCUT2D eigenvalue weighted by Gasteiger charge is 2.52. The first-order valence-electron chi connectivity index (χ1n) is 13.2. The lowest BCUT2D eigenvalue weighted by Gasteiger charge is -2.41. The molecular weight excluding hydrogens is 524 g/mol. The third-order valence-corrected chi connectivity index (χ3v) is 7.42. The van der Waals surface area contributed by atoms with Gasteiger partial charge >= 0.3 is 11.9 Å². The highest BCUT2D eigenvalue weighted by atomic mass is 16.5. The number of ether oxygens (including phenoxy) is 4. The van der Waals surface area contributed by atoms with Gasteiger partial charge in [0.05, 0.1) is 19.6 Å². The monoisotopic (exact) mass is 554 g/mol. The summed E-state index contributed by atoms with van der Waals surface area (Å²) in [6.45, 7) is 4.35. The number of carbonyl (C=O) groups excluding carboxylic acids is 3. The Morgan fingerprint density at radius 2 is 1.44 bits per heavy atom. The minimum absolute atomic E-state index is 0.0179. The molecule has 1 aliphatic rings. The maximum absolute atomic E-state index is 14.4. The molecule has 3 unspecified atom stereocenters. The zero-order valence-corrected chi connectivity index (χ0v) is 23.2. The third-order valence-electron chi connectivity index (χ3n) is 7.42. The topological polar surface area (TPSA) is 108 Å². The van der Waals surface area contributed by atoms with Gasteiger partial charge in [-0.2, -0.15) is 0 Å². The summed E-state index contributed by atoms with van der Waals surface area (Å²) in [7, 11) is 1.61. The first kappa shape index (κ1) is 27.9. The van der Waals surface area contributed by atoms with E-state index in [1.807, 2.05) is 36.4 Å². The van der Waals surface area contributed by atoms with Gasteiger partial charge in [0.25, 0.3) is 0 Å². The maximum Gasteiger partial charge on any atom is 0.308 e. The molecule has 0 aliphatic carbocycles. The van der Waals surface area contributed by atoms with Gasteiger partial charge in [-0.15, -0.1) is 0 Å². The van der Waals surface area contributed by atoms with E-state index in [-0.39, 0.29) is 23.7 Å². The Hall–Kier alpha value is -4.69. The van der Waals surface area contributed by atoms with Crippen molar-refractivity contribution >= 4 is 28.5 Å². The normalized spacial score (nSPS) is 18.5. The number of rotatable bonds is 7. The van der Waals surface area contributed by atoms with Gasteiger partial charge in [0.1, 0.15) is 23.0 Å². The van der Waals surface area contributed by atoms with Crippen molar-refractivity contribution in [3.63, 3.8) is 0 Å². The number of carbonyl (C=O) groups is 3. The molecule has 4 aromatic rings. The minimum Gasteiger partial charge on any atom is -0.497 e. The molecule has 0 spiro atoms. The molecule has 41 heavy (non-hydrogen) atoms. The number of ketones is 1. The highest BCUT2D eigenvalue weighted by Crippen LogP contribution is 2.49. The number of hydrogen-bond acceptors (Lipinski definition) is 8. The molecule has 0 aromatic heterocycles. The molecule has 8 heteroatoms. The summed E-state index contributed by atoms with van der Waals surface area (Å²) in [6.07, 6.45) is 0. The van der Waals surface area contributed by atoms with E-state index in [0.717, 1.165) is 22.1 Å². The fraction of sp³-hybridized carbons (Fsp3) is 0.242. The van der Waals surface area contributed by atoms with Gasteiger partial charge in [0, 0.05) is 31.4 Å². The molecule has 0 fully saturated rings. The summed E-state index contributed by atoms with van der Waals surface area (Å²) >= 11 is 0. The summed E-state index contributed by atoms with van der Waals surface area (Å²) < 4.78 is 21.7. The van der Waals surface area contributed by atoms with Crippen LogP contribution in [0.2, 0.25) is 0 Å². The zero-order valence-electron chi connectivity index (χ0n) is 23.2. The molecular formula is C33H30O8. The van der Waals surface area contributed by atoms with Crippen LogP contribution in [0.15, 0.2) is 78.9 Å². The van der Waals surface area contributed by atoms with Crippen LogP contribution in [0.4, 0.5) is 0 Å². The first-order valence-corrected chi connectivity index (χ1v) is 13.2. The van der Waals surface area contributed by atoms with Gasteiger partial charge in [-0.25, -0.2) is 0 Å². The average Bonchev–Trinajstić information content (AvgIpc) is 2.96. The van der Waals surface area contributed by atoms with Gasteiger partial charge in [0.15, 0.2) is 11.4 Å². The number of Topliss-reactive ketones (excluding diaryl/α,β-unsaturated/α-hetero) is 1. The molecule has 0 saturated carbocycles. The first-order chi connectivity index (χ1) is 19.6. The molecule has 1 aliphatic heterocycles. The van der Waals surface area contributed by atoms with Crippen LogP contribution in [0, 0.1) is 0 Å². The molecule has 0 radical (unpaired) electrons. The highest BCUT2D eigenvalue weighted by molar-refractivity contribution is 5.97. The van der Waals surface area contributed by atoms with Crippen molar-refractivity contribution in [3.8, 4) is 23.0 Å². The Kier molecular flexibility index (Phi) is 7.51. The van der Waals surface area contributed by atoms with Crippen molar-refractivity contribution in [1.82, 2.24) is 0 Å². The van der Waals surface area contributed by atoms with E-state index in [0.29, 0.717) is 11.3 Å². The van der Waals surface area contributed by atoms with Gasteiger partial charge in [0.2, 0.25) is 0 Å². The number of methoxy groups -OCH3 is 1. The maximum atomic E-state index is 14.4. The predicted octanol–water partition coefficient (Wildman–Crippen LogP) is 5.44. The molecule has 4 aromatic carbocycles. The van der Waals surface area contributed by atoms with Gasteiger partial charge in [-0.1, -0.05) is 43.3 Å². The van der Waals surface area contributed by atoms with Gasteiger partial charge < -0.3 is 24.1 Å². The molecule has 0 bridgehead atoms. The number of esters is 2. The molecule has 5 rings (SSSR count). The van der Waals surface area contributed by atoms with E-state index >= 15 is 0 Å². The fourth-order valence-electron chi connectivity index (χ4n) is 5.34. The van der Waals surface area contributed by atoms with E-state index in [1.54, 1.807) is 44.4 Å². The smallest absolute Gasteiger partial charge is 0.308 e. The van der Waals surface area contributed by atoms with Crippen molar-refractivity contribution in [2.24, 2.45) is 0 Å². The second-order valence-electron chi connectivity index (χ2n) is 10.1. The Morgan fingerprint density at radius 3 is 2.12 bits per heavy atom. The summed E-state index contributed by atoms with van der Waals surface area (Å²) in [5, 5.41) is 14.4. The average molecular weight is 555 g/mol. The number of aliphatic hydroxyl groups is 1. The Balaban J connectivity index is 1.57. The van der Waals surface area contributed by atoms with Crippen molar-refractivity contribution in [2.75, 3.05) is 13.7 Å². The van der Waals surface area contributed by atoms with Crippen LogP contribution in [0.3, 0.4) is 0 Å². The molecule has 1 heterocycles. The van der Waals surface area contributed by atoms with Gasteiger partial charge in [-0.3, -0.25) is 14.4 Å². The second kappa shape index (κ2) is 11.1. The SMILES string of the molecule is COc1ccc2cc(C(C)C(=O)C3(O)c4ccc(OC(C)=O)cc4OCC3c3ccc(OC(C)=O)cc3)ccc2c1. The third kappa shape index (κ3) is 5.38. The van der Waals surface area contributed by atoms with Crippen LogP contribution < -0.4 is 18.9 Å². The molecule has 210 valence electrons. The standard InChI is InChI=1S/C33H30O8/c1-19(23-5-6-25-16-27(38-4)12-9-24(25)15-23)32(36)33(37)29-14-13-28(41-21(3)35)17-31(29)39-18-30(33)22-7-10-26(11-8-22)40-20(2)34/h5-17,19,30,37H,18H2,1-4H3. The quantitative estimate of drug-likeness (QED) is 0.238. The van der Waals surface area contributed by atoms with E-state index < -0.39 is 35.2 Å². The summed E-state index contributed by atoms with van der Waals surface area (Å²) in [5.74, 6) is -1.25. The number of fused-ring (bicyclic) bond motifs is 2. The zero-order chi connectivity index (χ0) is 29.3. The molecule has 0 saturated heterocycles. The summed E-state index contributed by atoms with van der Waals surface area (Å²) in [5.41, 5.74) is -0.338. The summed E-state index contributed by atoms with van der Waals surface area (Å²) in [6, 6.07) is 22.7. The van der Waals surface area contributed by atoms with Crippen LogP contribution in [0.25, 0.3) is 10.8 Å². The lowest BCUT2D eigenvalue weighted by Crippen LogP contribution is -2.48. The van der Waals surface area contributed by atoms with Crippen LogP contribution in [-0.4, -0.2) is 36.5 Å². The largest absolute Gasteiger partial charge is 0.497 e. The summed E-state index contributed by atoms with van der Waals surface area (Å²) in [4.78, 5) is 37.3. The van der Waals surface area contributed by atoms with Crippen molar-refractivity contribution in [2.45, 2.75) is 38.2 Å². The van der Waals surface area contributed by atoms with Crippen LogP contribution in [-0.2, 0) is 20.0 Å². The lowest BCUT2D eigenvalue weighted by atomic mass is 9.69. The van der Waals surface area contributed by atoms with Crippen LogP contribution in [0.1, 0.15) is 49.3 Å². The van der Waals surface area contributed by atoms with Crippen molar-refractivity contribution in [1.29, 1.82) is 0 Å². The Morgan fingerprint density at radius 1 is 0.829 bits per heavy atom. The Labute approximate surface area is 237 Å². The minimum atomic E-state index is -1.99. The van der Waals surface area contributed by atoms with E-state index in [4.69, 9.17) is 18.9 Å². The fourth-order valence-corrected chi connectivity index (χ4v) is 5.34. The molecule has 3 atom stereocenters. The van der Waals surface area contributed by atoms with Crippen LogP contribution in [0.5, 0.6) is 23.0 Å². The van der Waals surface area contributed by atoms with E-state index in [1.165, 1.54) is 26.0 Å². The second-order valence-corrected chi connectivity index (χ2v) is 10.1. The number of hydrogen-bond donors (Lipinski definition) is 1. The van der Waals surface area contributed by atoms with E-state index in [9.17, 15) is 19.5 Å². The lowest BCUT2D eigenvalue weighted by molar-refractivity contribution is -0.145. The van der Waals surface area contributed by atoms with E-state index in [2.05, 4.69) is 0 Å². The molecule has 1 N–H and O–H groups in total. The Bertz CT molecular complexity index is 1640. The predicted molar refractivity (Wildman–Crippen MR) is 152 cm³/mol.